The predicted molar refractivity (Wildman–Crippen MR) is 135 cm³/mol. The monoisotopic (exact) mass is 505 g/mol. The normalized spacial score (nSPS) is 15.9. The van der Waals surface area contributed by atoms with Crippen molar-refractivity contribution >= 4 is 57.9 Å². The Morgan fingerprint density at radius 2 is 1.97 bits per heavy atom. The number of rotatable bonds is 9. The number of halogens is 1. The Labute approximate surface area is 207 Å². The zero-order chi connectivity index (χ0) is 24.1. The van der Waals surface area contributed by atoms with Crippen molar-refractivity contribution in [2.24, 2.45) is 5.92 Å². The SMILES string of the molecule is COc1cc(/C=C2\SC(=S)N(C(CC(C)C)C(=O)O)C2=O)ccc1OCc1ccccc1Cl. The fraction of sp³-hybridized carbons (Fsp3) is 0.292. The molecule has 1 fully saturated rings. The maximum absolute atomic E-state index is 13.0. The Morgan fingerprint density at radius 1 is 1.24 bits per heavy atom. The van der Waals surface area contributed by atoms with Gasteiger partial charge in [0.2, 0.25) is 0 Å². The molecule has 0 bridgehead atoms. The van der Waals surface area contributed by atoms with Crippen molar-refractivity contribution in [3.63, 3.8) is 0 Å². The van der Waals surface area contributed by atoms with Crippen molar-refractivity contribution in [2.75, 3.05) is 7.11 Å². The molecule has 0 aliphatic carbocycles. The smallest absolute Gasteiger partial charge is 0.326 e. The molecule has 1 aliphatic rings. The lowest BCUT2D eigenvalue weighted by atomic mass is 10.0. The van der Waals surface area contributed by atoms with Crippen molar-refractivity contribution in [3.05, 3.63) is 63.5 Å². The third-order valence-electron chi connectivity index (χ3n) is 4.94. The number of aliphatic carboxylic acids is 1. The molecular formula is C24H24ClNO5S2. The molecule has 3 rings (SSSR count). The quantitative estimate of drug-likeness (QED) is 0.349. The number of carboxylic acid groups (broad SMARTS) is 1. The highest BCUT2D eigenvalue weighted by molar-refractivity contribution is 8.26. The van der Waals surface area contributed by atoms with Crippen LogP contribution in [-0.2, 0) is 16.2 Å². The molecule has 1 atom stereocenters. The number of thioether (sulfide) groups is 1. The average Bonchev–Trinajstić information content (AvgIpc) is 3.04. The van der Waals surface area contributed by atoms with Gasteiger partial charge in [-0.25, -0.2) is 4.79 Å². The van der Waals surface area contributed by atoms with Gasteiger partial charge in [-0.1, -0.05) is 73.7 Å². The number of benzene rings is 2. The second-order valence-electron chi connectivity index (χ2n) is 7.83. The van der Waals surface area contributed by atoms with E-state index in [9.17, 15) is 14.7 Å². The van der Waals surface area contributed by atoms with Gasteiger partial charge in [0.1, 0.15) is 17.0 Å². The third-order valence-corrected chi connectivity index (χ3v) is 6.64. The number of hydrogen-bond donors (Lipinski definition) is 1. The number of hydrogen-bond acceptors (Lipinski definition) is 6. The van der Waals surface area contributed by atoms with Crippen LogP contribution in [0, 0.1) is 5.92 Å². The first-order chi connectivity index (χ1) is 15.7. The summed E-state index contributed by atoms with van der Waals surface area (Å²) in [6.07, 6.45) is 1.99. The van der Waals surface area contributed by atoms with E-state index < -0.39 is 17.9 Å². The van der Waals surface area contributed by atoms with E-state index in [-0.39, 0.29) is 16.8 Å². The minimum atomic E-state index is -1.07. The summed E-state index contributed by atoms with van der Waals surface area (Å²) in [5, 5.41) is 10.2. The molecule has 174 valence electrons. The molecule has 2 aromatic rings. The number of amides is 1. The van der Waals surface area contributed by atoms with Gasteiger partial charge in [-0.2, -0.15) is 0 Å². The van der Waals surface area contributed by atoms with Crippen LogP contribution in [0.3, 0.4) is 0 Å². The molecule has 33 heavy (non-hydrogen) atoms. The minimum absolute atomic E-state index is 0.0994. The summed E-state index contributed by atoms with van der Waals surface area (Å²) in [5.74, 6) is -0.346. The topological polar surface area (TPSA) is 76.1 Å². The zero-order valence-electron chi connectivity index (χ0n) is 18.4. The number of ether oxygens (including phenoxy) is 2. The largest absolute Gasteiger partial charge is 0.493 e. The van der Waals surface area contributed by atoms with Crippen molar-refractivity contribution < 1.29 is 24.2 Å². The molecule has 1 unspecified atom stereocenters. The summed E-state index contributed by atoms with van der Waals surface area (Å²) < 4.78 is 11.6. The highest BCUT2D eigenvalue weighted by atomic mass is 35.5. The van der Waals surface area contributed by atoms with E-state index >= 15 is 0 Å². The van der Waals surface area contributed by atoms with Gasteiger partial charge in [0.05, 0.1) is 12.0 Å². The number of carbonyl (C=O) groups is 2. The maximum atomic E-state index is 13.0. The summed E-state index contributed by atoms with van der Waals surface area (Å²) >= 11 is 12.6. The van der Waals surface area contributed by atoms with Gasteiger partial charge in [-0.05, 0) is 42.2 Å². The van der Waals surface area contributed by atoms with E-state index in [2.05, 4.69) is 0 Å². The van der Waals surface area contributed by atoms with Crippen LogP contribution in [0.4, 0.5) is 0 Å². The minimum Gasteiger partial charge on any atom is -0.493 e. The van der Waals surface area contributed by atoms with Crippen LogP contribution in [0.1, 0.15) is 31.4 Å². The fourth-order valence-electron chi connectivity index (χ4n) is 3.33. The van der Waals surface area contributed by atoms with Gasteiger partial charge >= 0.3 is 5.97 Å². The van der Waals surface area contributed by atoms with Crippen LogP contribution in [0.25, 0.3) is 6.08 Å². The lowest BCUT2D eigenvalue weighted by molar-refractivity contribution is -0.145. The zero-order valence-corrected chi connectivity index (χ0v) is 20.8. The van der Waals surface area contributed by atoms with Gasteiger partial charge in [0.25, 0.3) is 5.91 Å². The fourth-order valence-corrected chi connectivity index (χ4v) is 4.87. The Kier molecular flexibility index (Phi) is 8.40. The van der Waals surface area contributed by atoms with Gasteiger partial charge < -0.3 is 14.6 Å². The highest BCUT2D eigenvalue weighted by Gasteiger charge is 2.40. The predicted octanol–water partition coefficient (Wildman–Crippen LogP) is 5.63. The highest BCUT2D eigenvalue weighted by Crippen LogP contribution is 2.37. The van der Waals surface area contributed by atoms with Crippen LogP contribution in [0.5, 0.6) is 11.5 Å². The maximum Gasteiger partial charge on any atom is 0.326 e. The molecule has 9 heteroatoms. The standard InChI is InChI=1S/C24H24ClNO5S2/c1-14(2)10-18(23(28)29)26-22(27)21(33-24(26)32)12-15-8-9-19(20(11-15)30-3)31-13-16-6-4-5-7-17(16)25/h4-9,11-12,14,18H,10,13H2,1-3H3,(H,28,29)/b21-12-. The Bertz CT molecular complexity index is 1100. The summed E-state index contributed by atoms with van der Waals surface area (Å²) in [6.45, 7) is 4.09. The number of nitrogens with zero attached hydrogens (tertiary/aromatic N) is 1. The Hall–Kier alpha value is -2.55. The first-order valence-corrected chi connectivity index (χ1v) is 11.9. The molecule has 0 radical (unpaired) electrons. The van der Waals surface area contributed by atoms with Crippen molar-refractivity contribution in [1.29, 1.82) is 0 Å². The van der Waals surface area contributed by atoms with Crippen LogP contribution in [0.2, 0.25) is 5.02 Å². The van der Waals surface area contributed by atoms with Crippen molar-refractivity contribution in [1.82, 2.24) is 4.90 Å². The van der Waals surface area contributed by atoms with Gasteiger partial charge in [-0.3, -0.25) is 9.69 Å². The summed E-state index contributed by atoms with van der Waals surface area (Å²) in [5.41, 5.74) is 1.55. The Balaban J connectivity index is 1.80. The first-order valence-electron chi connectivity index (χ1n) is 10.2. The second kappa shape index (κ2) is 11.0. The average molecular weight is 506 g/mol. The molecule has 1 aliphatic heterocycles. The number of methoxy groups -OCH3 is 1. The summed E-state index contributed by atoms with van der Waals surface area (Å²) in [4.78, 5) is 26.3. The molecule has 0 spiro atoms. The van der Waals surface area contributed by atoms with Gasteiger partial charge in [0, 0.05) is 10.6 Å². The van der Waals surface area contributed by atoms with Crippen molar-refractivity contribution in [2.45, 2.75) is 32.9 Å². The van der Waals surface area contributed by atoms with Crippen LogP contribution in [0.15, 0.2) is 47.4 Å². The van der Waals surface area contributed by atoms with Gasteiger partial charge in [-0.15, -0.1) is 0 Å². The van der Waals surface area contributed by atoms with Crippen LogP contribution >= 0.6 is 35.6 Å². The van der Waals surface area contributed by atoms with E-state index in [1.54, 1.807) is 30.3 Å². The molecule has 6 nitrogen and oxygen atoms in total. The van der Waals surface area contributed by atoms with Crippen LogP contribution in [-0.4, -0.2) is 39.4 Å². The Morgan fingerprint density at radius 3 is 2.61 bits per heavy atom. The van der Waals surface area contributed by atoms with E-state index in [4.69, 9.17) is 33.3 Å². The molecular weight excluding hydrogens is 482 g/mol. The van der Waals surface area contributed by atoms with E-state index in [1.165, 1.54) is 12.0 Å². The third kappa shape index (κ3) is 6.07. The van der Waals surface area contributed by atoms with Crippen molar-refractivity contribution in [3.8, 4) is 11.5 Å². The second-order valence-corrected chi connectivity index (χ2v) is 9.91. The molecule has 1 heterocycles. The molecule has 2 aromatic carbocycles. The van der Waals surface area contributed by atoms with Gasteiger partial charge in [0.15, 0.2) is 11.5 Å². The van der Waals surface area contributed by atoms with E-state index in [1.807, 2.05) is 32.0 Å². The summed E-state index contributed by atoms with van der Waals surface area (Å²) in [7, 11) is 1.53. The lowest BCUT2D eigenvalue weighted by Gasteiger charge is -2.24. The van der Waals surface area contributed by atoms with E-state index in [0.717, 1.165) is 17.3 Å². The molecule has 1 amide bonds. The summed E-state index contributed by atoms with van der Waals surface area (Å²) in [6, 6.07) is 11.7. The molecule has 0 saturated carbocycles. The number of carboxylic acids is 1. The first kappa shape index (κ1) is 25.1. The number of carbonyl (C=O) groups excluding carboxylic acids is 1. The van der Waals surface area contributed by atoms with E-state index in [0.29, 0.717) is 33.4 Å². The number of thiocarbonyl (C=S) groups is 1. The molecule has 0 aromatic heterocycles. The molecule has 1 N–H and O–H groups in total. The molecule has 1 saturated heterocycles. The van der Waals surface area contributed by atoms with Crippen LogP contribution < -0.4 is 9.47 Å². The lowest BCUT2D eigenvalue weighted by Crippen LogP contribution is -2.44.